The van der Waals surface area contributed by atoms with E-state index in [9.17, 15) is 9.59 Å². The summed E-state index contributed by atoms with van der Waals surface area (Å²) in [6.07, 6.45) is 0.690. The molecular weight excluding hydrogens is 356 g/mol. The lowest BCUT2D eigenvalue weighted by atomic mass is 10.1. The number of nitrogens with one attached hydrogen (secondary N) is 3. The molecule has 28 heavy (non-hydrogen) atoms. The molecule has 1 heterocycles. The van der Waals surface area contributed by atoms with Crippen molar-refractivity contribution in [1.82, 2.24) is 10.6 Å². The van der Waals surface area contributed by atoms with Crippen molar-refractivity contribution in [2.24, 2.45) is 15.7 Å². The van der Waals surface area contributed by atoms with Crippen LogP contribution in [0.1, 0.15) is 12.0 Å². The molecular formula is C20H22N6O2. The van der Waals surface area contributed by atoms with Gasteiger partial charge in [0.15, 0.2) is 0 Å². The third-order valence-electron chi connectivity index (χ3n) is 4.05. The Morgan fingerprint density at radius 3 is 2.50 bits per heavy atom. The first kappa shape index (κ1) is 19.1. The van der Waals surface area contributed by atoms with Crippen molar-refractivity contribution < 1.29 is 9.59 Å². The molecule has 1 atom stereocenters. The minimum Gasteiger partial charge on any atom is -0.369 e. The number of aliphatic imine (C=N–C) groups is 2. The van der Waals surface area contributed by atoms with E-state index >= 15 is 0 Å². The van der Waals surface area contributed by atoms with Gasteiger partial charge < -0.3 is 16.4 Å². The topological polar surface area (TPSA) is 121 Å². The number of hydrogen-bond donors (Lipinski definition) is 4. The fraction of sp³-hybridized carbons (Fsp3) is 0.200. The number of carbonyl (C=O) groups excluding carboxylic acids is 2. The van der Waals surface area contributed by atoms with Crippen molar-refractivity contribution in [2.45, 2.75) is 18.9 Å². The molecule has 1 aliphatic heterocycles. The van der Waals surface area contributed by atoms with E-state index in [-0.39, 0.29) is 30.2 Å². The summed E-state index contributed by atoms with van der Waals surface area (Å²) in [5.41, 5.74) is 7.73. The van der Waals surface area contributed by atoms with Crippen molar-refractivity contribution in [1.29, 1.82) is 0 Å². The summed E-state index contributed by atoms with van der Waals surface area (Å²) < 4.78 is 0. The fourth-order valence-corrected chi connectivity index (χ4v) is 2.68. The van der Waals surface area contributed by atoms with E-state index in [1.165, 1.54) is 0 Å². The molecule has 8 heteroatoms. The summed E-state index contributed by atoms with van der Waals surface area (Å²) in [4.78, 5) is 32.3. The summed E-state index contributed by atoms with van der Waals surface area (Å²) in [5.74, 6) is -0.420. The van der Waals surface area contributed by atoms with Gasteiger partial charge in [0.2, 0.25) is 17.8 Å². The largest absolute Gasteiger partial charge is 0.369 e. The highest BCUT2D eigenvalue weighted by atomic mass is 16.2. The lowest BCUT2D eigenvalue weighted by Crippen LogP contribution is -2.34. The molecule has 3 rings (SSSR count). The summed E-state index contributed by atoms with van der Waals surface area (Å²) in [6, 6.07) is 18.3. The average molecular weight is 378 g/mol. The molecule has 0 bridgehead atoms. The number of anilines is 1. The number of nitrogens with zero attached hydrogens (tertiary/aromatic N) is 2. The first-order chi connectivity index (χ1) is 13.6. The van der Waals surface area contributed by atoms with Gasteiger partial charge in [-0.15, -0.1) is 0 Å². The Morgan fingerprint density at radius 2 is 1.79 bits per heavy atom. The molecule has 144 valence electrons. The van der Waals surface area contributed by atoms with E-state index in [1.54, 1.807) is 0 Å². The maximum absolute atomic E-state index is 12.1. The van der Waals surface area contributed by atoms with E-state index in [0.29, 0.717) is 6.54 Å². The predicted octanol–water partition coefficient (Wildman–Crippen LogP) is 1.02. The first-order valence-corrected chi connectivity index (χ1v) is 8.95. The highest BCUT2D eigenvalue weighted by Gasteiger charge is 2.28. The summed E-state index contributed by atoms with van der Waals surface area (Å²) in [7, 11) is 0. The average Bonchev–Trinajstić information content (AvgIpc) is 3.02. The van der Waals surface area contributed by atoms with Crippen molar-refractivity contribution in [3.63, 3.8) is 0 Å². The zero-order valence-corrected chi connectivity index (χ0v) is 15.3. The van der Waals surface area contributed by atoms with Crippen LogP contribution >= 0.6 is 0 Å². The van der Waals surface area contributed by atoms with Crippen molar-refractivity contribution in [3.8, 4) is 0 Å². The first-order valence-electron chi connectivity index (χ1n) is 8.95. The summed E-state index contributed by atoms with van der Waals surface area (Å²) in [6.45, 7) is 0.500. The Hall–Kier alpha value is -3.68. The number of nitrogens with two attached hydrogens (primary N) is 1. The van der Waals surface area contributed by atoms with Gasteiger partial charge in [0, 0.05) is 12.2 Å². The van der Waals surface area contributed by atoms with Crippen LogP contribution in [0.2, 0.25) is 0 Å². The van der Waals surface area contributed by atoms with Gasteiger partial charge in [-0.25, -0.2) is 4.99 Å². The SMILES string of the molecule is NC(=NC1=N[C@H](CC(=O)NCCc2ccccc2)C(=O)N1)Nc1ccccc1. The standard InChI is InChI=1S/C20H22N6O2/c21-19(23-15-9-5-2-6-10-15)26-20-24-16(18(28)25-20)13-17(27)22-12-11-14-7-3-1-4-8-14/h1-10,16H,11-13H2,(H,22,27)(H4,21,23,24,25,26,28)/t16-/m1/s1. The molecule has 1 aliphatic rings. The second-order valence-electron chi connectivity index (χ2n) is 6.24. The zero-order valence-electron chi connectivity index (χ0n) is 15.3. The van der Waals surface area contributed by atoms with Gasteiger partial charge in [0.25, 0.3) is 5.91 Å². The Kier molecular flexibility index (Phi) is 6.35. The van der Waals surface area contributed by atoms with Crippen molar-refractivity contribution in [2.75, 3.05) is 11.9 Å². The van der Waals surface area contributed by atoms with Crippen LogP contribution in [0.5, 0.6) is 0 Å². The van der Waals surface area contributed by atoms with Gasteiger partial charge in [-0.3, -0.25) is 14.9 Å². The molecule has 5 N–H and O–H groups in total. The highest BCUT2D eigenvalue weighted by Crippen LogP contribution is 2.08. The lowest BCUT2D eigenvalue weighted by molar-refractivity contribution is -0.126. The quantitative estimate of drug-likeness (QED) is 0.443. The Bertz CT molecular complexity index is 880. The predicted molar refractivity (Wildman–Crippen MR) is 109 cm³/mol. The van der Waals surface area contributed by atoms with Crippen LogP contribution in [0.3, 0.4) is 0 Å². The minimum absolute atomic E-state index is 0.0360. The molecule has 2 amide bonds. The molecule has 0 radical (unpaired) electrons. The van der Waals surface area contributed by atoms with Crippen LogP contribution in [0.4, 0.5) is 5.69 Å². The number of benzene rings is 2. The molecule has 2 aromatic carbocycles. The number of amides is 2. The number of guanidine groups is 2. The maximum atomic E-state index is 12.1. The van der Waals surface area contributed by atoms with Gasteiger partial charge >= 0.3 is 0 Å². The third-order valence-corrected chi connectivity index (χ3v) is 4.05. The number of carbonyl (C=O) groups is 2. The number of rotatable bonds is 6. The lowest BCUT2D eigenvalue weighted by Gasteiger charge is -2.07. The summed E-state index contributed by atoms with van der Waals surface area (Å²) >= 11 is 0. The molecule has 0 unspecified atom stereocenters. The smallest absolute Gasteiger partial charge is 0.252 e. The van der Waals surface area contributed by atoms with Gasteiger partial charge in [-0.2, -0.15) is 4.99 Å². The van der Waals surface area contributed by atoms with Crippen LogP contribution in [0, 0.1) is 0 Å². The Morgan fingerprint density at radius 1 is 1.11 bits per heavy atom. The highest BCUT2D eigenvalue weighted by molar-refractivity contribution is 6.11. The van der Waals surface area contributed by atoms with Gasteiger partial charge in [0.05, 0.1) is 6.42 Å². The molecule has 0 aromatic heterocycles. The molecule has 0 fully saturated rings. The minimum atomic E-state index is -0.806. The Balaban J connectivity index is 1.48. The van der Waals surface area contributed by atoms with Crippen LogP contribution < -0.4 is 21.7 Å². The number of hydrogen-bond acceptors (Lipinski definition) is 4. The fourth-order valence-electron chi connectivity index (χ4n) is 2.68. The van der Waals surface area contributed by atoms with E-state index in [4.69, 9.17) is 5.73 Å². The second kappa shape index (κ2) is 9.31. The van der Waals surface area contributed by atoms with E-state index in [2.05, 4.69) is 25.9 Å². The molecule has 2 aromatic rings. The van der Waals surface area contributed by atoms with Crippen LogP contribution in [-0.2, 0) is 16.0 Å². The molecule has 0 spiro atoms. The normalized spacial score (nSPS) is 16.3. The third kappa shape index (κ3) is 5.66. The molecule has 8 nitrogen and oxygen atoms in total. The number of para-hydroxylation sites is 1. The van der Waals surface area contributed by atoms with E-state index in [0.717, 1.165) is 17.7 Å². The van der Waals surface area contributed by atoms with Crippen LogP contribution in [0.25, 0.3) is 0 Å². The van der Waals surface area contributed by atoms with Crippen LogP contribution in [0.15, 0.2) is 70.6 Å². The van der Waals surface area contributed by atoms with Gasteiger partial charge in [-0.05, 0) is 24.1 Å². The molecule has 0 saturated carbocycles. The second-order valence-corrected chi connectivity index (χ2v) is 6.24. The molecule has 0 saturated heterocycles. The van der Waals surface area contributed by atoms with Gasteiger partial charge in [-0.1, -0.05) is 48.5 Å². The summed E-state index contributed by atoms with van der Waals surface area (Å²) in [5, 5.41) is 8.24. The zero-order chi connectivity index (χ0) is 19.8. The Labute approximate surface area is 163 Å². The van der Waals surface area contributed by atoms with Gasteiger partial charge in [0.1, 0.15) is 6.04 Å². The van der Waals surface area contributed by atoms with E-state index in [1.807, 2.05) is 60.7 Å². The molecule has 0 aliphatic carbocycles. The van der Waals surface area contributed by atoms with Crippen molar-refractivity contribution in [3.05, 3.63) is 66.2 Å². The van der Waals surface area contributed by atoms with Crippen LogP contribution in [-0.4, -0.2) is 36.3 Å². The van der Waals surface area contributed by atoms with E-state index < -0.39 is 6.04 Å². The monoisotopic (exact) mass is 378 g/mol. The van der Waals surface area contributed by atoms with Crippen molar-refractivity contribution >= 4 is 29.4 Å². The maximum Gasteiger partial charge on any atom is 0.252 e.